The molecule has 10 heteroatoms. The van der Waals surface area contributed by atoms with Crippen LogP contribution in [0.4, 0.5) is 0 Å². The van der Waals surface area contributed by atoms with Crippen LogP contribution in [0.2, 0.25) is 0 Å². The molecule has 0 saturated heterocycles. The predicted octanol–water partition coefficient (Wildman–Crippen LogP) is 1.17. The lowest BCUT2D eigenvalue weighted by atomic mass is 10.2. The van der Waals surface area contributed by atoms with E-state index in [1.165, 1.54) is 18.2 Å². The molecule has 0 aliphatic heterocycles. The van der Waals surface area contributed by atoms with Gasteiger partial charge in [0.2, 0.25) is 10.0 Å². The SMILES string of the molecule is Cc1noc(C)c1Cn1c(=O)[nH]c2ccc(S(=O)(=O)NC3(C)CC3)cc2c1=O. The van der Waals surface area contributed by atoms with E-state index in [4.69, 9.17) is 4.52 Å². The van der Waals surface area contributed by atoms with Crippen molar-refractivity contribution in [2.24, 2.45) is 0 Å². The Morgan fingerprint density at radius 2 is 2.00 bits per heavy atom. The molecule has 148 valence electrons. The maximum atomic E-state index is 13.0. The fraction of sp³-hybridized carbons (Fsp3) is 0.389. The minimum absolute atomic E-state index is 0.0128. The zero-order valence-electron chi connectivity index (χ0n) is 15.7. The van der Waals surface area contributed by atoms with Crippen LogP contribution in [0, 0.1) is 13.8 Å². The van der Waals surface area contributed by atoms with Crippen LogP contribution in [0.1, 0.15) is 36.8 Å². The van der Waals surface area contributed by atoms with E-state index >= 15 is 0 Å². The fourth-order valence-electron chi connectivity index (χ4n) is 3.10. The molecule has 28 heavy (non-hydrogen) atoms. The Balaban J connectivity index is 1.83. The highest BCUT2D eigenvalue weighted by Crippen LogP contribution is 2.36. The van der Waals surface area contributed by atoms with Crippen LogP contribution in [-0.4, -0.2) is 28.7 Å². The molecule has 2 N–H and O–H groups in total. The molecule has 0 spiro atoms. The summed E-state index contributed by atoms with van der Waals surface area (Å²) >= 11 is 0. The molecule has 0 atom stereocenters. The van der Waals surface area contributed by atoms with Gasteiger partial charge in [0.1, 0.15) is 5.76 Å². The molecule has 0 bridgehead atoms. The second kappa shape index (κ2) is 6.14. The van der Waals surface area contributed by atoms with Gasteiger partial charge in [-0.15, -0.1) is 0 Å². The van der Waals surface area contributed by atoms with Crippen LogP contribution >= 0.6 is 0 Å². The molecule has 0 radical (unpaired) electrons. The van der Waals surface area contributed by atoms with E-state index in [2.05, 4.69) is 14.9 Å². The molecule has 2 aromatic heterocycles. The van der Waals surface area contributed by atoms with Crippen molar-refractivity contribution in [1.82, 2.24) is 19.4 Å². The first-order valence-corrected chi connectivity index (χ1v) is 10.3. The predicted molar refractivity (Wildman–Crippen MR) is 102 cm³/mol. The van der Waals surface area contributed by atoms with Gasteiger partial charge in [-0.25, -0.2) is 17.9 Å². The molecule has 1 saturated carbocycles. The Morgan fingerprint density at radius 3 is 2.61 bits per heavy atom. The van der Waals surface area contributed by atoms with Crippen molar-refractivity contribution in [2.75, 3.05) is 0 Å². The van der Waals surface area contributed by atoms with E-state index in [0.717, 1.165) is 17.4 Å². The summed E-state index contributed by atoms with van der Waals surface area (Å²) in [5.41, 5.74) is -0.0876. The Labute approximate surface area is 160 Å². The number of aromatic nitrogens is 3. The van der Waals surface area contributed by atoms with Gasteiger partial charge < -0.3 is 9.51 Å². The van der Waals surface area contributed by atoms with Gasteiger partial charge in [-0.05, 0) is 51.8 Å². The summed E-state index contributed by atoms with van der Waals surface area (Å²) in [5, 5.41) is 3.95. The van der Waals surface area contributed by atoms with E-state index in [0.29, 0.717) is 17.0 Å². The first kappa shape index (κ1) is 18.6. The Morgan fingerprint density at radius 1 is 1.29 bits per heavy atom. The normalized spacial score (nSPS) is 15.8. The molecule has 3 aromatic rings. The lowest BCUT2D eigenvalue weighted by Gasteiger charge is -2.13. The molecule has 1 fully saturated rings. The Hall–Kier alpha value is -2.72. The average Bonchev–Trinajstić information content (AvgIpc) is 3.25. The number of hydrogen-bond acceptors (Lipinski definition) is 6. The van der Waals surface area contributed by atoms with E-state index in [1.807, 2.05) is 6.92 Å². The number of H-pyrrole nitrogens is 1. The summed E-state index contributed by atoms with van der Waals surface area (Å²) in [6.07, 6.45) is 1.55. The maximum absolute atomic E-state index is 13.0. The standard InChI is InChI=1S/C18H20N4O5S/c1-10-14(11(2)27-20-10)9-22-16(23)13-8-12(4-5-15(13)19-17(22)24)28(25,26)21-18(3)6-7-18/h4-5,8,21H,6-7,9H2,1-3H3,(H,19,24). The van der Waals surface area contributed by atoms with Crippen molar-refractivity contribution in [2.45, 2.75) is 50.6 Å². The van der Waals surface area contributed by atoms with Crippen molar-refractivity contribution in [3.8, 4) is 0 Å². The number of benzene rings is 1. The third kappa shape index (κ3) is 3.18. The molecular weight excluding hydrogens is 384 g/mol. The van der Waals surface area contributed by atoms with Crippen molar-refractivity contribution in [3.63, 3.8) is 0 Å². The second-order valence-electron chi connectivity index (χ2n) is 7.50. The average molecular weight is 404 g/mol. The lowest BCUT2D eigenvalue weighted by molar-refractivity contribution is 0.392. The van der Waals surface area contributed by atoms with Crippen LogP contribution in [-0.2, 0) is 16.6 Å². The van der Waals surface area contributed by atoms with Crippen molar-refractivity contribution < 1.29 is 12.9 Å². The third-order valence-electron chi connectivity index (χ3n) is 5.14. The summed E-state index contributed by atoms with van der Waals surface area (Å²) in [5.74, 6) is 0.516. The molecular formula is C18H20N4O5S. The van der Waals surface area contributed by atoms with E-state index in [-0.39, 0.29) is 22.3 Å². The summed E-state index contributed by atoms with van der Waals surface area (Å²) in [7, 11) is -3.77. The molecule has 2 heterocycles. The van der Waals surface area contributed by atoms with Crippen LogP contribution < -0.4 is 16.0 Å². The number of aromatic amines is 1. The number of aryl methyl sites for hydroxylation is 2. The summed E-state index contributed by atoms with van der Waals surface area (Å²) in [6.45, 7) is 5.24. The quantitative estimate of drug-likeness (QED) is 0.657. The smallest absolute Gasteiger partial charge is 0.329 e. The molecule has 1 aromatic carbocycles. The van der Waals surface area contributed by atoms with Gasteiger partial charge in [0.25, 0.3) is 5.56 Å². The molecule has 4 rings (SSSR count). The topological polar surface area (TPSA) is 127 Å². The number of hydrogen-bond donors (Lipinski definition) is 2. The number of nitrogens with zero attached hydrogens (tertiary/aromatic N) is 2. The summed E-state index contributed by atoms with van der Waals surface area (Å²) in [4.78, 5) is 28.0. The lowest BCUT2D eigenvalue weighted by Crippen LogP contribution is -2.36. The van der Waals surface area contributed by atoms with E-state index in [9.17, 15) is 18.0 Å². The highest BCUT2D eigenvalue weighted by Gasteiger charge is 2.41. The zero-order chi connectivity index (χ0) is 20.3. The number of nitrogens with one attached hydrogen (secondary N) is 2. The van der Waals surface area contributed by atoms with Gasteiger partial charge in [0.05, 0.1) is 28.0 Å². The zero-order valence-corrected chi connectivity index (χ0v) is 16.5. The van der Waals surface area contributed by atoms with Crippen LogP contribution in [0.15, 0.2) is 37.2 Å². The fourth-order valence-corrected chi connectivity index (χ4v) is 4.59. The Kier molecular flexibility index (Phi) is 4.09. The van der Waals surface area contributed by atoms with Crippen molar-refractivity contribution >= 4 is 20.9 Å². The second-order valence-corrected chi connectivity index (χ2v) is 9.18. The van der Waals surface area contributed by atoms with Gasteiger partial charge in [0, 0.05) is 11.1 Å². The minimum atomic E-state index is -3.77. The highest BCUT2D eigenvalue weighted by molar-refractivity contribution is 7.89. The van der Waals surface area contributed by atoms with Gasteiger partial charge in [0.15, 0.2) is 0 Å². The van der Waals surface area contributed by atoms with Crippen molar-refractivity contribution in [1.29, 1.82) is 0 Å². The molecule has 0 amide bonds. The van der Waals surface area contributed by atoms with E-state index in [1.54, 1.807) is 13.8 Å². The molecule has 1 aliphatic carbocycles. The van der Waals surface area contributed by atoms with Crippen LogP contribution in [0.25, 0.3) is 10.9 Å². The van der Waals surface area contributed by atoms with E-state index < -0.39 is 26.8 Å². The highest BCUT2D eigenvalue weighted by atomic mass is 32.2. The van der Waals surface area contributed by atoms with Gasteiger partial charge in [-0.3, -0.25) is 9.36 Å². The van der Waals surface area contributed by atoms with Gasteiger partial charge in [-0.2, -0.15) is 0 Å². The van der Waals surface area contributed by atoms with Gasteiger partial charge >= 0.3 is 5.69 Å². The number of rotatable bonds is 5. The van der Waals surface area contributed by atoms with Crippen LogP contribution in [0.5, 0.6) is 0 Å². The third-order valence-corrected chi connectivity index (χ3v) is 6.78. The maximum Gasteiger partial charge on any atom is 0.329 e. The van der Waals surface area contributed by atoms with Gasteiger partial charge in [-0.1, -0.05) is 5.16 Å². The largest absolute Gasteiger partial charge is 0.361 e. The summed E-state index contributed by atoms with van der Waals surface area (Å²) < 4.78 is 34.0. The number of sulfonamides is 1. The monoisotopic (exact) mass is 404 g/mol. The minimum Gasteiger partial charge on any atom is -0.361 e. The molecule has 9 nitrogen and oxygen atoms in total. The first-order chi connectivity index (χ1) is 13.1. The summed E-state index contributed by atoms with van der Waals surface area (Å²) in [6, 6.07) is 4.11. The van der Waals surface area contributed by atoms with Crippen LogP contribution in [0.3, 0.4) is 0 Å². The van der Waals surface area contributed by atoms with Crippen molar-refractivity contribution in [3.05, 3.63) is 56.1 Å². The molecule has 1 aliphatic rings. The first-order valence-electron chi connectivity index (χ1n) is 8.82. The Bertz CT molecular complexity index is 1290. The molecule has 0 unspecified atom stereocenters. The number of fused-ring (bicyclic) bond motifs is 1.